The van der Waals surface area contributed by atoms with E-state index in [0.717, 1.165) is 24.5 Å². The molecule has 20 heteroatoms. The lowest BCUT2D eigenvalue weighted by Gasteiger charge is -2.18. The van der Waals surface area contributed by atoms with Crippen LogP contribution in [0.3, 0.4) is 0 Å². The van der Waals surface area contributed by atoms with E-state index in [0.29, 0.717) is 34.0 Å². The van der Waals surface area contributed by atoms with E-state index in [2.05, 4.69) is 89.1 Å². The zero-order chi connectivity index (χ0) is 47.9. The van der Waals surface area contributed by atoms with E-state index in [1.807, 2.05) is 69.3 Å². The molecule has 340 valence electrons. The van der Waals surface area contributed by atoms with Gasteiger partial charge in [0.2, 0.25) is 6.08 Å². The highest BCUT2D eigenvalue weighted by Crippen LogP contribution is 2.41. The fourth-order valence-corrected chi connectivity index (χ4v) is 9.40. The van der Waals surface area contributed by atoms with Crippen LogP contribution in [-0.2, 0) is 4.79 Å². The second kappa shape index (κ2) is 27.4. The van der Waals surface area contributed by atoms with E-state index in [4.69, 9.17) is 28.0 Å². The van der Waals surface area contributed by atoms with Gasteiger partial charge in [-0.05, 0) is 94.4 Å². The predicted octanol–water partition coefficient (Wildman–Crippen LogP) is 11.6. The zero-order valence-corrected chi connectivity index (χ0v) is 42.1. The van der Waals surface area contributed by atoms with Crippen molar-refractivity contribution in [2.45, 2.75) is 106 Å². The molecule has 0 spiro atoms. The number of carboxylic acid groups (broad SMARTS) is 1. The quantitative estimate of drug-likeness (QED) is 0.0273. The number of carboxylic acids is 1. The number of pyridine rings is 6. The van der Waals surface area contributed by atoms with Crippen molar-refractivity contribution in [1.29, 1.82) is 0 Å². The fraction of sp³-hybridized carbons (Fsp3) is 0.273. The zero-order valence-electron chi connectivity index (χ0n) is 37.1. The Morgan fingerprint density at radius 1 is 0.531 bits per heavy atom. The van der Waals surface area contributed by atoms with Gasteiger partial charge in [-0.25, -0.2) is 39.5 Å². The summed E-state index contributed by atoms with van der Waals surface area (Å²) >= 11 is 8.89. The van der Waals surface area contributed by atoms with Gasteiger partial charge < -0.3 is 28.0 Å². The van der Waals surface area contributed by atoms with Crippen LogP contribution in [0.1, 0.15) is 72.8 Å². The maximum absolute atomic E-state index is 10.8. The summed E-state index contributed by atoms with van der Waals surface area (Å²) in [6, 6.07) is 22.3. The van der Waals surface area contributed by atoms with Gasteiger partial charge in [-0.15, -0.1) is 52.9 Å². The van der Waals surface area contributed by atoms with Gasteiger partial charge in [0.15, 0.2) is 11.5 Å². The number of aromatic nitrogens is 6. The third kappa shape index (κ3) is 23.1. The summed E-state index contributed by atoms with van der Waals surface area (Å²) in [4.78, 5) is 53.5. The number of nitrogens with zero attached hydrogens (tertiary/aromatic N) is 7. The minimum absolute atomic E-state index is 0.00671. The molecule has 0 radical (unpaired) electrons. The Labute approximate surface area is 402 Å². The van der Waals surface area contributed by atoms with E-state index in [9.17, 15) is 9.59 Å². The number of hydrogen-bond acceptors (Lipinski definition) is 19. The van der Waals surface area contributed by atoms with Gasteiger partial charge >= 0.3 is 5.97 Å². The Hall–Kier alpha value is -4.95. The molecule has 0 aromatic carbocycles. The van der Waals surface area contributed by atoms with E-state index in [1.54, 1.807) is 78.8 Å². The summed E-state index contributed by atoms with van der Waals surface area (Å²) in [5.41, 5.74) is 22.6. The molecule has 6 rings (SSSR count). The minimum Gasteiger partial charge on any atom is -0.476 e. The summed E-state index contributed by atoms with van der Waals surface area (Å²) in [6.07, 6.45) is 11.3. The van der Waals surface area contributed by atoms with E-state index in [1.165, 1.54) is 45.6 Å². The molecule has 6 aromatic rings. The van der Waals surface area contributed by atoms with Crippen molar-refractivity contribution in [3.8, 4) is 0 Å². The first kappa shape index (κ1) is 55.2. The van der Waals surface area contributed by atoms with Gasteiger partial charge in [-0.3, -0.25) is 0 Å². The van der Waals surface area contributed by atoms with Crippen molar-refractivity contribution in [3.63, 3.8) is 0 Å². The number of aromatic carboxylic acids is 1. The third-order valence-electron chi connectivity index (χ3n) is 6.56. The van der Waals surface area contributed by atoms with Gasteiger partial charge in [0, 0.05) is 61.2 Å². The highest BCUT2D eigenvalue weighted by atomic mass is 33.1. The molecule has 0 atom stereocenters. The van der Waals surface area contributed by atoms with Crippen LogP contribution in [0.4, 0.5) is 29.1 Å². The van der Waals surface area contributed by atoms with Crippen LogP contribution >= 0.6 is 69.5 Å². The molecule has 0 aliphatic heterocycles. The number of anilines is 4. The molecule has 6 heterocycles. The molecule has 0 saturated heterocycles. The predicted molar refractivity (Wildman–Crippen MR) is 274 cm³/mol. The monoisotopic (exact) mass is 977 g/mol. The number of thioether (sulfide) groups is 3. The SMILES string of the molecule is CC(C)(C)Sc1cccnc1C(=O)O.CC(C)(C)Sc1cccnc1N.CC(C)(C)Sc1cccnc1N=C=O.Nc1ncccc1S.Nc1ncccc1SSc1cccnc1N. The highest BCUT2D eigenvalue weighted by molar-refractivity contribution is 8.76. The van der Waals surface area contributed by atoms with Crippen LogP contribution in [0.2, 0.25) is 0 Å². The van der Waals surface area contributed by atoms with Crippen molar-refractivity contribution in [1.82, 2.24) is 29.9 Å². The molecule has 0 fully saturated rings. The average Bonchev–Trinajstić information content (AvgIpc) is 3.21. The fourth-order valence-electron chi connectivity index (χ4n) is 4.15. The molecular weight excluding hydrogens is 923 g/mol. The number of isocyanates is 1. The molecule has 0 aliphatic carbocycles. The average molecular weight is 978 g/mol. The number of carbonyl (C=O) groups is 1. The van der Waals surface area contributed by atoms with Crippen molar-refractivity contribution in [2.75, 3.05) is 22.9 Å². The Morgan fingerprint density at radius 2 is 0.875 bits per heavy atom. The largest absolute Gasteiger partial charge is 0.476 e. The summed E-state index contributed by atoms with van der Waals surface area (Å²) in [5.74, 6) is 1.64. The van der Waals surface area contributed by atoms with E-state index >= 15 is 0 Å². The Kier molecular flexibility index (Phi) is 23.6. The first-order chi connectivity index (χ1) is 30.0. The normalized spacial score (nSPS) is 10.7. The lowest BCUT2D eigenvalue weighted by atomic mass is 10.3. The summed E-state index contributed by atoms with van der Waals surface area (Å²) in [6.45, 7) is 18.9. The molecule has 9 N–H and O–H groups in total. The van der Waals surface area contributed by atoms with Gasteiger partial charge in [0.05, 0.1) is 19.6 Å². The molecule has 64 heavy (non-hydrogen) atoms. The molecule has 6 aromatic heterocycles. The second-order valence-electron chi connectivity index (χ2n) is 15.6. The lowest BCUT2D eigenvalue weighted by Crippen LogP contribution is -2.10. The second-order valence-corrected chi connectivity index (χ2v) is 23.9. The molecule has 0 saturated carbocycles. The van der Waals surface area contributed by atoms with Gasteiger partial charge in [-0.2, -0.15) is 0 Å². The number of nitrogen functional groups attached to an aromatic ring is 4. The van der Waals surface area contributed by atoms with Crippen molar-refractivity contribution >= 4 is 111 Å². The first-order valence-electron chi connectivity index (χ1n) is 19.1. The van der Waals surface area contributed by atoms with Crippen LogP contribution in [0, 0.1) is 0 Å². The summed E-state index contributed by atoms with van der Waals surface area (Å²) in [7, 11) is 3.05. The maximum atomic E-state index is 10.8. The Morgan fingerprint density at radius 3 is 1.25 bits per heavy atom. The Bertz CT molecular complexity index is 2300. The molecule has 14 nitrogen and oxygen atoms in total. The van der Waals surface area contributed by atoms with Crippen LogP contribution in [-0.4, -0.2) is 61.3 Å². The minimum atomic E-state index is -0.975. The lowest BCUT2D eigenvalue weighted by molar-refractivity contribution is 0.0686. The van der Waals surface area contributed by atoms with Crippen LogP contribution in [0.15, 0.2) is 144 Å². The van der Waals surface area contributed by atoms with Crippen molar-refractivity contribution < 1.29 is 14.7 Å². The first-order valence-corrected chi connectivity index (χ1v) is 24.2. The number of nitrogens with two attached hydrogens (primary N) is 4. The van der Waals surface area contributed by atoms with Crippen LogP contribution in [0.5, 0.6) is 0 Å². The topological polar surface area (TPSA) is 248 Å². The third-order valence-corrected chi connectivity index (χ3v) is 12.9. The number of thiol groups is 1. The van der Waals surface area contributed by atoms with Crippen molar-refractivity contribution in [3.05, 3.63) is 116 Å². The van der Waals surface area contributed by atoms with Gasteiger partial charge in [-0.1, -0.05) is 62.3 Å². The van der Waals surface area contributed by atoms with Gasteiger partial charge in [0.1, 0.15) is 23.3 Å². The summed E-state index contributed by atoms with van der Waals surface area (Å²) in [5, 5.41) is 8.89. The molecule has 0 unspecified atom stereocenters. The molecule has 0 aliphatic rings. The maximum Gasteiger partial charge on any atom is 0.355 e. The number of rotatable bonds is 8. The van der Waals surface area contributed by atoms with E-state index in [-0.39, 0.29) is 19.9 Å². The highest BCUT2D eigenvalue weighted by Gasteiger charge is 2.19. The number of aliphatic imine (C=N–C) groups is 1. The number of carbonyl (C=O) groups excluding carboxylic acids is 1. The summed E-state index contributed by atoms with van der Waals surface area (Å²) < 4.78 is 0.264. The van der Waals surface area contributed by atoms with Crippen LogP contribution < -0.4 is 22.9 Å². The molecule has 0 amide bonds. The molecular formula is C44H55N11O3S6. The number of hydrogen-bond donors (Lipinski definition) is 6. The van der Waals surface area contributed by atoms with Crippen LogP contribution in [0.25, 0.3) is 0 Å². The standard InChI is InChI=1S/C10H10N4S2.C10H12N2OS.C10H13NO2S.C9H14N2S.C5H6N2S/c11-9-7(3-1-5-13-9)15-16-8-4-2-6-14-10(8)12;1-10(2,3)14-8-5-4-6-11-9(8)12-7-13;1-10(2,3)14-7-5-4-6-11-8(7)9(12)13;1-9(2,3)12-7-5-4-6-11-8(7)10;6-5-4(8)2-1-3-7-5/h1-6H,(H2,11,13)(H2,12,14);4-6H,1-3H3;4-6H,1-3H3,(H,12,13);4-6H,1-3H3,(H2,10,11);1-3,8H,(H2,6,7). The Balaban J connectivity index is 0.000000279. The van der Waals surface area contributed by atoms with Crippen molar-refractivity contribution in [2.24, 2.45) is 4.99 Å². The molecule has 0 bridgehead atoms. The smallest absolute Gasteiger partial charge is 0.355 e. The van der Waals surface area contributed by atoms with E-state index < -0.39 is 5.97 Å². The van der Waals surface area contributed by atoms with Gasteiger partial charge in [0.25, 0.3) is 0 Å².